The van der Waals surface area contributed by atoms with Crippen LogP contribution in [-0.4, -0.2) is 11.7 Å². The van der Waals surface area contributed by atoms with Crippen LogP contribution in [0, 0.1) is 5.82 Å². The number of benzene rings is 1. The molecule has 0 spiro atoms. The van der Waals surface area contributed by atoms with Gasteiger partial charge in [0.15, 0.2) is 0 Å². The first kappa shape index (κ1) is 13.4. The summed E-state index contributed by atoms with van der Waals surface area (Å²) in [7, 11) is 0. The SMILES string of the molecule is O=c1cc(C2CCNC(c3ccc(Cl)c(F)c3)C2)o[nH]1. The molecule has 3 rings (SSSR count). The zero-order valence-corrected chi connectivity index (χ0v) is 11.4. The second-order valence-corrected chi connectivity index (χ2v) is 5.42. The molecular formula is C14H14ClFN2O2. The maximum Gasteiger partial charge on any atom is 0.280 e. The lowest BCUT2D eigenvalue weighted by molar-refractivity contribution is 0.295. The highest BCUT2D eigenvalue weighted by Crippen LogP contribution is 2.34. The van der Waals surface area contributed by atoms with Gasteiger partial charge in [-0.2, -0.15) is 5.16 Å². The van der Waals surface area contributed by atoms with E-state index in [2.05, 4.69) is 10.5 Å². The number of rotatable bonds is 2. The molecule has 20 heavy (non-hydrogen) atoms. The van der Waals surface area contributed by atoms with E-state index < -0.39 is 5.82 Å². The van der Waals surface area contributed by atoms with Gasteiger partial charge in [-0.25, -0.2) is 4.39 Å². The van der Waals surface area contributed by atoms with Crippen molar-refractivity contribution in [1.82, 2.24) is 10.5 Å². The second-order valence-electron chi connectivity index (χ2n) is 5.02. The molecule has 6 heteroatoms. The number of halogens is 2. The first-order valence-electron chi connectivity index (χ1n) is 6.50. The Morgan fingerprint density at radius 3 is 2.90 bits per heavy atom. The van der Waals surface area contributed by atoms with Crippen molar-refractivity contribution in [2.24, 2.45) is 0 Å². The van der Waals surface area contributed by atoms with E-state index in [1.807, 2.05) is 6.07 Å². The van der Waals surface area contributed by atoms with E-state index in [1.54, 1.807) is 6.07 Å². The van der Waals surface area contributed by atoms with Crippen LogP contribution in [0.4, 0.5) is 4.39 Å². The highest BCUT2D eigenvalue weighted by Gasteiger charge is 2.26. The molecule has 0 bridgehead atoms. The van der Waals surface area contributed by atoms with Crippen LogP contribution in [0.5, 0.6) is 0 Å². The Morgan fingerprint density at radius 2 is 2.20 bits per heavy atom. The van der Waals surface area contributed by atoms with E-state index in [0.29, 0.717) is 5.76 Å². The average molecular weight is 297 g/mol. The normalized spacial score (nSPS) is 22.9. The Bertz CT molecular complexity index is 667. The standard InChI is InChI=1S/C14H14ClFN2O2/c15-10-2-1-8(5-11(10)16)12-6-9(3-4-17-12)13-7-14(19)18-20-13/h1-2,5,7,9,12,17H,3-4,6H2,(H,18,19). The molecule has 0 saturated carbocycles. The minimum Gasteiger partial charge on any atom is -0.383 e. The molecule has 2 aromatic rings. The lowest BCUT2D eigenvalue weighted by Crippen LogP contribution is -2.30. The minimum absolute atomic E-state index is 0.0284. The van der Waals surface area contributed by atoms with Crippen LogP contribution in [0.3, 0.4) is 0 Å². The van der Waals surface area contributed by atoms with Gasteiger partial charge in [-0.3, -0.25) is 4.79 Å². The highest BCUT2D eigenvalue weighted by atomic mass is 35.5. The second kappa shape index (κ2) is 5.42. The van der Waals surface area contributed by atoms with Crippen LogP contribution in [0.25, 0.3) is 0 Å². The van der Waals surface area contributed by atoms with Gasteiger partial charge in [-0.15, -0.1) is 0 Å². The fourth-order valence-corrected chi connectivity index (χ4v) is 2.78. The zero-order chi connectivity index (χ0) is 14.1. The summed E-state index contributed by atoms with van der Waals surface area (Å²) in [4.78, 5) is 11.1. The lowest BCUT2D eigenvalue weighted by atomic mass is 9.87. The molecule has 0 radical (unpaired) electrons. The summed E-state index contributed by atoms with van der Waals surface area (Å²) < 4.78 is 18.7. The van der Waals surface area contributed by atoms with Crippen molar-refractivity contribution in [3.05, 3.63) is 56.8 Å². The number of hydrogen-bond donors (Lipinski definition) is 2. The van der Waals surface area contributed by atoms with Gasteiger partial charge in [0.05, 0.1) is 5.02 Å². The van der Waals surface area contributed by atoms with Gasteiger partial charge in [0.2, 0.25) is 0 Å². The number of piperidine rings is 1. The summed E-state index contributed by atoms with van der Waals surface area (Å²) in [5.74, 6) is 0.399. The van der Waals surface area contributed by atoms with Crippen LogP contribution >= 0.6 is 11.6 Å². The molecule has 1 aromatic heterocycles. The molecule has 106 valence electrons. The molecule has 1 aromatic carbocycles. The van der Waals surface area contributed by atoms with E-state index >= 15 is 0 Å². The van der Waals surface area contributed by atoms with Gasteiger partial charge in [0.25, 0.3) is 5.56 Å². The molecule has 2 heterocycles. The van der Waals surface area contributed by atoms with Gasteiger partial charge < -0.3 is 9.84 Å². The van der Waals surface area contributed by atoms with Crippen LogP contribution in [0.15, 0.2) is 33.6 Å². The number of nitrogens with one attached hydrogen (secondary N) is 2. The molecule has 1 aliphatic heterocycles. The number of aromatic amines is 1. The Labute approximate surface area is 119 Å². The smallest absolute Gasteiger partial charge is 0.280 e. The third-order valence-corrected chi connectivity index (χ3v) is 4.00. The minimum atomic E-state index is -0.415. The third kappa shape index (κ3) is 2.64. The Morgan fingerprint density at radius 1 is 1.35 bits per heavy atom. The predicted molar refractivity (Wildman–Crippen MR) is 73.5 cm³/mol. The molecule has 0 amide bonds. The maximum atomic E-state index is 13.5. The van der Waals surface area contributed by atoms with Gasteiger partial charge in [-0.05, 0) is 37.1 Å². The fraction of sp³-hybridized carbons (Fsp3) is 0.357. The summed E-state index contributed by atoms with van der Waals surface area (Å²) in [6.45, 7) is 0.786. The van der Waals surface area contributed by atoms with Crippen molar-refractivity contribution < 1.29 is 8.91 Å². The van der Waals surface area contributed by atoms with Crippen molar-refractivity contribution in [2.75, 3.05) is 6.54 Å². The molecule has 4 nitrogen and oxygen atoms in total. The number of aromatic nitrogens is 1. The summed E-state index contributed by atoms with van der Waals surface area (Å²) in [6.07, 6.45) is 1.63. The maximum absolute atomic E-state index is 13.5. The van der Waals surface area contributed by atoms with Gasteiger partial charge >= 0.3 is 0 Å². The van der Waals surface area contributed by atoms with Crippen molar-refractivity contribution in [3.63, 3.8) is 0 Å². The average Bonchev–Trinajstić information content (AvgIpc) is 2.89. The van der Waals surface area contributed by atoms with Crippen molar-refractivity contribution >= 4 is 11.6 Å². The molecule has 0 aliphatic carbocycles. The molecule has 1 saturated heterocycles. The lowest BCUT2D eigenvalue weighted by Gasteiger charge is -2.29. The molecule has 1 fully saturated rings. The van der Waals surface area contributed by atoms with Gasteiger partial charge in [-0.1, -0.05) is 17.7 Å². The van der Waals surface area contributed by atoms with E-state index in [1.165, 1.54) is 12.1 Å². The summed E-state index contributed by atoms with van der Waals surface area (Å²) >= 11 is 5.70. The van der Waals surface area contributed by atoms with E-state index in [4.69, 9.17) is 16.1 Å². The summed E-state index contributed by atoms with van der Waals surface area (Å²) in [5.41, 5.74) is 0.627. The van der Waals surface area contributed by atoms with Crippen LogP contribution in [0.2, 0.25) is 5.02 Å². The Kier molecular flexibility index (Phi) is 3.63. The molecular weight excluding hydrogens is 283 g/mol. The summed E-state index contributed by atoms with van der Waals surface area (Å²) in [6, 6.07) is 6.35. The Balaban J connectivity index is 1.81. The highest BCUT2D eigenvalue weighted by molar-refractivity contribution is 6.30. The number of hydrogen-bond acceptors (Lipinski definition) is 3. The predicted octanol–water partition coefficient (Wildman–Crippen LogP) is 2.97. The zero-order valence-electron chi connectivity index (χ0n) is 10.7. The van der Waals surface area contributed by atoms with Crippen molar-refractivity contribution in [3.8, 4) is 0 Å². The van der Waals surface area contributed by atoms with Gasteiger partial charge in [0.1, 0.15) is 11.6 Å². The first-order valence-corrected chi connectivity index (χ1v) is 6.88. The van der Waals surface area contributed by atoms with Crippen LogP contribution in [0.1, 0.15) is 36.1 Å². The van der Waals surface area contributed by atoms with E-state index in [0.717, 1.165) is 24.9 Å². The molecule has 2 atom stereocenters. The quantitative estimate of drug-likeness (QED) is 0.896. The monoisotopic (exact) mass is 296 g/mol. The molecule has 2 N–H and O–H groups in total. The first-order chi connectivity index (χ1) is 9.63. The van der Waals surface area contributed by atoms with E-state index in [-0.39, 0.29) is 22.5 Å². The topological polar surface area (TPSA) is 58.0 Å². The molecule has 1 aliphatic rings. The van der Waals surface area contributed by atoms with Crippen LogP contribution in [-0.2, 0) is 0 Å². The third-order valence-electron chi connectivity index (χ3n) is 3.69. The largest absolute Gasteiger partial charge is 0.383 e. The summed E-state index contributed by atoms with van der Waals surface area (Å²) in [5, 5.41) is 5.78. The van der Waals surface area contributed by atoms with Crippen molar-refractivity contribution in [2.45, 2.75) is 24.8 Å². The Hall–Kier alpha value is -1.59. The van der Waals surface area contributed by atoms with E-state index in [9.17, 15) is 9.18 Å². The van der Waals surface area contributed by atoms with Crippen molar-refractivity contribution in [1.29, 1.82) is 0 Å². The molecule has 2 unspecified atom stereocenters. The van der Waals surface area contributed by atoms with Crippen LogP contribution < -0.4 is 10.9 Å². The van der Waals surface area contributed by atoms with Gasteiger partial charge in [0, 0.05) is 18.0 Å². The number of H-pyrrole nitrogens is 1. The fourth-order valence-electron chi connectivity index (χ4n) is 2.66.